The molecule has 4 nitrogen and oxygen atoms in total. The number of aromatic nitrogens is 4. The lowest BCUT2D eigenvalue weighted by atomic mass is 10.2. The molecule has 0 aliphatic rings. The van der Waals surface area contributed by atoms with Crippen molar-refractivity contribution in [3.05, 3.63) is 48.9 Å². The molecule has 0 unspecified atom stereocenters. The van der Waals surface area contributed by atoms with Gasteiger partial charge in [0.2, 0.25) is 0 Å². The summed E-state index contributed by atoms with van der Waals surface area (Å²) in [6.45, 7) is 0. The lowest BCUT2D eigenvalue weighted by Gasteiger charge is -2.04. The molecule has 0 aliphatic carbocycles. The minimum atomic E-state index is 0.963. The van der Waals surface area contributed by atoms with Crippen LogP contribution in [0.4, 0.5) is 0 Å². The van der Waals surface area contributed by atoms with Crippen LogP contribution in [0.1, 0.15) is 0 Å². The van der Waals surface area contributed by atoms with Crippen LogP contribution in [-0.2, 0) is 0 Å². The van der Waals surface area contributed by atoms with Gasteiger partial charge in [-0.05, 0) is 24.3 Å². The second-order valence-corrected chi connectivity index (χ2v) is 3.19. The van der Waals surface area contributed by atoms with E-state index in [0.29, 0.717) is 0 Å². The van der Waals surface area contributed by atoms with Gasteiger partial charge in [-0.3, -0.25) is 4.98 Å². The van der Waals surface area contributed by atoms with Crippen molar-refractivity contribution in [3.8, 4) is 5.69 Å². The fourth-order valence-corrected chi connectivity index (χ4v) is 1.62. The molecular formula is C11H8N4. The molecule has 2 aromatic heterocycles. The van der Waals surface area contributed by atoms with Crippen molar-refractivity contribution in [2.75, 3.05) is 0 Å². The number of pyridine rings is 1. The highest BCUT2D eigenvalue weighted by Crippen LogP contribution is 2.18. The minimum absolute atomic E-state index is 0.963. The van der Waals surface area contributed by atoms with E-state index < -0.39 is 0 Å². The van der Waals surface area contributed by atoms with Gasteiger partial charge >= 0.3 is 0 Å². The first-order chi connectivity index (χ1) is 7.45. The second-order valence-electron chi connectivity index (χ2n) is 3.19. The number of rotatable bonds is 1. The Morgan fingerprint density at radius 2 is 2.00 bits per heavy atom. The third-order valence-electron chi connectivity index (χ3n) is 2.29. The molecule has 0 bridgehead atoms. The van der Waals surface area contributed by atoms with E-state index in [4.69, 9.17) is 0 Å². The summed E-state index contributed by atoms with van der Waals surface area (Å²) in [5.74, 6) is 0. The zero-order valence-corrected chi connectivity index (χ0v) is 7.91. The molecule has 0 aliphatic heterocycles. The minimum Gasteiger partial charge on any atom is -0.256 e. The molecule has 0 amide bonds. The fourth-order valence-electron chi connectivity index (χ4n) is 1.62. The smallest absolute Gasteiger partial charge is 0.0757 e. The van der Waals surface area contributed by atoms with E-state index in [0.717, 1.165) is 16.6 Å². The zero-order chi connectivity index (χ0) is 10.1. The van der Waals surface area contributed by atoms with Gasteiger partial charge in [0, 0.05) is 11.6 Å². The predicted octanol–water partition coefficient (Wildman–Crippen LogP) is 1.82. The van der Waals surface area contributed by atoms with Crippen LogP contribution in [0.3, 0.4) is 0 Å². The van der Waals surface area contributed by atoms with Gasteiger partial charge in [0.1, 0.15) is 0 Å². The van der Waals surface area contributed by atoms with Crippen LogP contribution in [0.25, 0.3) is 16.6 Å². The average Bonchev–Trinajstić information content (AvgIpc) is 2.82. The van der Waals surface area contributed by atoms with E-state index >= 15 is 0 Å². The number of benzene rings is 1. The highest BCUT2D eigenvalue weighted by molar-refractivity contribution is 5.86. The maximum absolute atomic E-state index is 4.29. The van der Waals surface area contributed by atoms with Crippen LogP contribution in [0.15, 0.2) is 48.9 Å². The number of nitrogens with zero attached hydrogens (tertiary/aromatic N) is 4. The van der Waals surface area contributed by atoms with E-state index in [-0.39, 0.29) is 0 Å². The highest BCUT2D eigenvalue weighted by Gasteiger charge is 2.02. The molecule has 15 heavy (non-hydrogen) atoms. The van der Waals surface area contributed by atoms with E-state index in [1.54, 1.807) is 17.1 Å². The van der Waals surface area contributed by atoms with Crippen molar-refractivity contribution < 1.29 is 0 Å². The van der Waals surface area contributed by atoms with Crippen molar-refractivity contribution in [3.63, 3.8) is 0 Å². The van der Waals surface area contributed by atoms with Crippen LogP contribution in [0.2, 0.25) is 0 Å². The lowest BCUT2D eigenvalue weighted by Crippen LogP contribution is -1.96. The lowest BCUT2D eigenvalue weighted by molar-refractivity contribution is 0.808. The Morgan fingerprint density at radius 3 is 2.87 bits per heavy atom. The molecule has 4 heteroatoms. The molecule has 0 atom stereocenters. The first-order valence-corrected chi connectivity index (χ1v) is 4.65. The summed E-state index contributed by atoms with van der Waals surface area (Å²) >= 11 is 0. The summed E-state index contributed by atoms with van der Waals surface area (Å²) in [5.41, 5.74) is 1.96. The Hall–Kier alpha value is -2.23. The summed E-state index contributed by atoms with van der Waals surface area (Å²) in [7, 11) is 0. The predicted molar refractivity (Wildman–Crippen MR) is 56.7 cm³/mol. The largest absolute Gasteiger partial charge is 0.256 e. The summed E-state index contributed by atoms with van der Waals surface area (Å²) in [5, 5.41) is 8.85. The molecule has 3 aromatic rings. The normalized spacial score (nSPS) is 10.7. The van der Waals surface area contributed by atoms with Crippen molar-refractivity contribution in [1.82, 2.24) is 20.0 Å². The summed E-state index contributed by atoms with van der Waals surface area (Å²) in [4.78, 5) is 4.29. The number of hydrogen-bond acceptors (Lipinski definition) is 3. The summed E-state index contributed by atoms with van der Waals surface area (Å²) < 4.78 is 1.74. The monoisotopic (exact) mass is 196 g/mol. The Balaban J connectivity index is 2.36. The van der Waals surface area contributed by atoms with E-state index in [1.807, 2.05) is 36.5 Å². The Labute approximate surface area is 86.2 Å². The standard InChI is InChI=1S/C11H8N4/c1-4-10-9(3-2-6-12-10)11(5-1)15-8-7-13-14-15/h1-8H. The van der Waals surface area contributed by atoms with Gasteiger partial charge in [-0.2, -0.15) is 0 Å². The average molecular weight is 196 g/mol. The van der Waals surface area contributed by atoms with Crippen molar-refractivity contribution in [1.29, 1.82) is 0 Å². The van der Waals surface area contributed by atoms with Crippen LogP contribution < -0.4 is 0 Å². The molecule has 0 radical (unpaired) electrons. The van der Waals surface area contributed by atoms with E-state index in [9.17, 15) is 0 Å². The van der Waals surface area contributed by atoms with Crippen molar-refractivity contribution in [2.24, 2.45) is 0 Å². The molecule has 0 saturated carbocycles. The molecule has 1 aromatic carbocycles. The number of hydrogen-bond donors (Lipinski definition) is 0. The van der Waals surface area contributed by atoms with Gasteiger partial charge in [-0.1, -0.05) is 11.3 Å². The van der Waals surface area contributed by atoms with E-state index in [1.165, 1.54) is 0 Å². The summed E-state index contributed by atoms with van der Waals surface area (Å²) in [6.07, 6.45) is 5.27. The van der Waals surface area contributed by atoms with Crippen LogP contribution >= 0.6 is 0 Å². The topological polar surface area (TPSA) is 43.6 Å². The molecule has 72 valence electrons. The van der Waals surface area contributed by atoms with Gasteiger partial charge in [0.25, 0.3) is 0 Å². The molecule has 0 spiro atoms. The molecular weight excluding hydrogens is 188 g/mol. The molecule has 0 fully saturated rings. The van der Waals surface area contributed by atoms with Gasteiger partial charge in [0.15, 0.2) is 0 Å². The maximum atomic E-state index is 4.29. The second kappa shape index (κ2) is 3.16. The molecule has 0 N–H and O–H groups in total. The van der Waals surface area contributed by atoms with Crippen LogP contribution in [-0.4, -0.2) is 20.0 Å². The summed E-state index contributed by atoms with van der Waals surface area (Å²) in [6, 6.07) is 9.89. The van der Waals surface area contributed by atoms with Crippen LogP contribution in [0.5, 0.6) is 0 Å². The fraction of sp³-hybridized carbons (Fsp3) is 0. The quantitative estimate of drug-likeness (QED) is 0.596. The molecule has 2 heterocycles. The first kappa shape index (κ1) is 8.11. The van der Waals surface area contributed by atoms with Crippen molar-refractivity contribution >= 4 is 10.9 Å². The molecule has 0 saturated heterocycles. The van der Waals surface area contributed by atoms with Gasteiger partial charge < -0.3 is 0 Å². The molecule has 3 rings (SSSR count). The Morgan fingerprint density at radius 1 is 1.00 bits per heavy atom. The van der Waals surface area contributed by atoms with Crippen molar-refractivity contribution in [2.45, 2.75) is 0 Å². The Kier molecular flexibility index (Phi) is 1.71. The SMILES string of the molecule is c1cc(-n2ccnn2)c2cccnc2c1. The first-order valence-electron chi connectivity index (χ1n) is 4.65. The maximum Gasteiger partial charge on any atom is 0.0757 e. The Bertz CT molecular complexity index is 581. The highest BCUT2D eigenvalue weighted by atomic mass is 15.4. The zero-order valence-electron chi connectivity index (χ0n) is 7.91. The number of fused-ring (bicyclic) bond motifs is 1. The van der Waals surface area contributed by atoms with Gasteiger partial charge in [-0.15, -0.1) is 5.10 Å². The third kappa shape index (κ3) is 1.27. The van der Waals surface area contributed by atoms with E-state index in [2.05, 4.69) is 15.3 Å². The van der Waals surface area contributed by atoms with Gasteiger partial charge in [0.05, 0.1) is 23.6 Å². The third-order valence-corrected chi connectivity index (χ3v) is 2.29. The van der Waals surface area contributed by atoms with Crippen LogP contribution in [0, 0.1) is 0 Å². The van der Waals surface area contributed by atoms with Gasteiger partial charge in [-0.25, -0.2) is 4.68 Å².